The molecule has 0 saturated heterocycles. The normalized spacial score (nSPS) is 12.6. The maximum atomic E-state index is 12.1. The van der Waals surface area contributed by atoms with Gasteiger partial charge in [0.2, 0.25) is 0 Å². The van der Waals surface area contributed by atoms with Gasteiger partial charge in [0, 0.05) is 6.54 Å². The number of hydrogen-bond acceptors (Lipinski definition) is 5. The number of hydrogen-bond donors (Lipinski definition) is 1. The number of nitrogens with one attached hydrogen (secondary N) is 1. The smallest absolute Gasteiger partial charge is 0.407 e. The molecule has 1 amide bonds. The molecule has 0 saturated carbocycles. The fourth-order valence-corrected chi connectivity index (χ4v) is 2.52. The second-order valence-electron chi connectivity index (χ2n) is 5.95. The Labute approximate surface area is 150 Å². The summed E-state index contributed by atoms with van der Waals surface area (Å²) < 4.78 is 12.6. The van der Waals surface area contributed by atoms with Gasteiger partial charge in [-0.25, -0.2) is 9.59 Å². The molecule has 0 aliphatic rings. The van der Waals surface area contributed by atoms with Crippen molar-refractivity contribution in [2.45, 2.75) is 52.7 Å². The average molecular weight is 437 g/mol. The number of aromatic nitrogens is 2. The van der Waals surface area contributed by atoms with E-state index in [1.807, 2.05) is 29.5 Å². The number of carbonyl (C=O) groups is 2. The van der Waals surface area contributed by atoms with E-state index in [1.165, 1.54) is 0 Å². The van der Waals surface area contributed by atoms with Gasteiger partial charge in [0.05, 0.1) is 22.4 Å². The molecular weight excluding hydrogens is 413 g/mol. The van der Waals surface area contributed by atoms with Gasteiger partial charge in [0.15, 0.2) is 5.69 Å². The number of amides is 1. The molecule has 0 bridgehead atoms. The highest BCUT2D eigenvalue weighted by Gasteiger charge is 2.24. The minimum absolute atomic E-state index is 0.162. The highest BCUT2D eigenvalue weighted by atomic mass is 127. The molecule has 1 aromatic heterocycles. The van der Waals surface area contributed by atoms with Gasteiger partial charge < -0.3 is 14.8 Å². The second kappa shape index (κ2) is 8.51. The Balaban J connectivity index is 2.83. The van der Waals surface area contributed by atoms with Crippen molar-refractivity contribution in [1.82, 2.24) is 15.1 Å². The summed E-state index contributed by atoms with van der Waals surface area (Å²) in [4.78, 5) is 23.9. The summed E-state index contributed by atoms with van der Waals surface area (Å²) in [7, 11) is 0. The molecule has 23 heavy (non-hydrogen) atoms. The number of halogens is 1. The van der Waals surface area contributed by atoms with Gasteiger partial charge in [-0.3, -0.25) is 4.68 Å². The quantitative estimate of drug-likeness (QED) is 0.546. The summed E-state index contributed by atoms with van der Waals surface area (Å²) in [5.74, 6) is -0.412. The lowest BCUT2D eigenvalue weighted by molar-refractivity contribution is 0.0505. The second-order valence-corrected chi connectivity index (χ2v) is 7.11. The summed E-state index contributed by atoms with van der Waals surface area (Å²) in [6.07, 6.45) is 1.82. The number of ether oxygens (including phenoxy) is 2. The first kappa shape index (κ1) is 19.7. The van der Waals surface area contributed by atoms with E-state index in [0.29, 0.717) is 25.3 Å². The molecule has 1 N–H and O–H groups in total. The Morgan fingerprint density at radius 2 is 2.04 bits per heavy atom. The van der Waals surface area contributed by atoms with E-state index in [1.54, 1.807) is 38.6 Å². The molecule has 0 aliphatic carbocycles. The van der Waals surface area contributed by atoms with Crippen LogP contribution in [0.1, 0.15) is 57.6 Å². The van der Waals surface area contributed by atoms with Crippen LogP contribution in [0.5, 0.6) is 0 Å². The monoisotopic (exact) mass is 437 g/mol. The van der Waals surface area contributed by atoms with Gasteiger partial charge >= 0.3 is 12.1 Å². The molecule has 0 aliphatic heterocycles. The van der Waals surface area contributed by atoms with Crippen LogP contribution in [0, 0.1) is 3.57 Å². The van der Waals surface area contributed by atoms with Crippen LogP contribution in [0.4, 0.5) is 4.79 Å². The summed E-state index contributed by atoms with van der Waals surface area (Å²) in [5.41, 5.74) is -0.145. The van der Waals surface area contributed by atoms with Crippen molar-refractivity contribution < 1.29 is 19.1 Å². The molecule has 1 unspecified atom stereocenters. The van der Waals surface area contributed by atoms with E-state index in [4.69, 9.17) is 9.47 Å². The molecule has 1 aromatic rings. The Morgan fingerprint density at radius 3 is 2.57 bits per heavy atom. The van der Waals surface area contributed by atoms with Crippen molar-refractivity contribution >= 4 is 34.7 Å². The van der Waals surface area contributed by atoms with Crippen molar-refractivity contribution in [3.63, 3.8) is 0 Å². The van der Waals surface area contributed by atoms with Gasteiger partial charge in [0.1, 0.15) is 5.60 Å². The lowest BCUT2D eigenvalue weighted by Gasteiger charge is -2.22. The van der Waals surface area contributed by atoms with E-state index in [0.717, 1.165) is 3.57 Å². The molecular formula is C15H24IN3O4. The maximum Gasteiger partial charge on any atom is 0.407 e. The number of alkyl carbamates (subject to hydrolysis) is 1. The highest BCUT2D eigenvalue weighted by Crippen LogP contribution is 2.19. The molecule has 8 heteroatoms. The zero-order valence-corrected chi connectivity index (χ0v) is 16.3. The molecule has 130 valence electrons. The molecule has 1 heterocycles. The first-order chi connectivity index (χ1) is 10.7. The topological polar surface area (TPSA) is 82.5 Å². The van der Waals surface area contributed by atoms with Crippen molar-refractivity contribution in [1.29, 1.82) is 0 Å². The van der Waals surface area contributed by atoms with Crippen molar-refractivity contribution in [2.75, 3.05) is 13.2 Å². The molecule has 0 spiro atoms. The lowest BCUT2D eigenvalue weighted by atomic mass is 10.2. The minimum Gasteiger partial charge on any atom is -0.461 e. The minimum atomic E-state index is -0.553. The van der Waals surface area contributed by atoms with E-state index < -0.39 is 17.7 Å². The van der Waals surface area contributed by atoms with Crippen LogP contribution in [0.25, 0.3) is 0 Å². The van der Waals surface area contributed by atoms with Gasteiger partial charge in [-0.05, 0) is 56.7 Å². The summed E-state index contributed by atoms with van der Waals surface area (Å²) in [6, 6.07) is -0.162. The SMILES string of the molecule is CCOC(=O)c1c(I)cnn1C(CC)CNC(=O)OC(C)(C)C. The van der Waals surface area contributed by atoms with E-state index in [-0.39, 0.29) is 6.04 Å². The van der Waals surface area contributed by atoms with Crippen molar-refractivity contribution in [2.24, 2.45) is 0 Å². The van der Waals surface area contributed by atoms with E-state index in [2.05, 4.69) is 10.4 Å². The molecule has 0 radical (unpaired) electrons. The molecule has 7 nitrogen and oxygen atoms in total. The third-order valence-electron chi connectivity index (χ3n) is 2.92. The Kier molecular flexibility index (Phi) is 7.30. The van der Waals surface area contributed by atoms with Crippen LogP contribution in [0.15, 0.2) is 6.20 Å². The molecule has 1 rings (SSSR count). The highest BCUT2D eigenvalue weighted by molar-refractivity contribution is 14.1. The number of esters is 1. The Hall–Kier alpha value is -1.32. The average Bonchev–Trinajstić information content (AvgIpc) is 2.80. The lowest BCUT2D eigenvalue weighted by Crippen LogP contribution is -2.36. The maximum absolute atomic E-state index is 12.1. The molecule has 1 atom stereocenters. The number of carbonyl (C=O) groups excluding carboxylic acids is 2. The Morgan fingerprint density at radius 1 is 1.39 bits per heavy atom. The first-order valence-corrected chi connectivity index (χ1v) is 8.64. The van der Waals surface area contributed by atoms with Gasteiger partial charge in [-0.15, -0.1) is 0 Å². The predicted molar refractivity (Wildman–Crippen MR) is 94.5 cm³/mol. The zero-order valence-electron chi connectivity index (χ0n) is 14.2. The van der Waals surface area contributed by atoms with Crippen molar-refractivity contribution in [3.05, 3.63) is 15.5 Å². The largest absolute Gasteiger partial charge is 0.461 e. The summed E-state index contributed by atoms with van der Waals surface area (Å²) in [5, 5.41) is 6.98. The van der Waals surface area contributed by atoms with Crippen LogP contribution in [-0.2, 0) is 9.47 Å². The third-order valence-corrected chi connectivity index (χ3v) is 3.71. The predicted octanol–water partition coefficient (Wildman–Crippen LogP) is 3.14. The fourth-order valence-electron chi connectivity index (χ4n) is 1.93. The van der Waals surface area contributed by atoms with Gasteiger partial charge in [-0.1, -0.05) is 6.92 Å². The number of rotatable bonds is 6. The van der Waals surface area contributed by atoms with Crippen LogP contribution >= 0.6 is 22.6 Å². The van der Waals surface area contributed by atoms with Crippen molar-refractivity contribution in [3.8, 4) is 0 Å². The third kappa shape index (κ3) is 6.00. The van der Waals surface area contributed by atoms with Crippen LogP contribution in [0.2, 0.25) is 0 Å². The summed E-state index contributed by atoms with van der Waals surface area (Å²) in [6.45, 7) is 9.75. The first-order valence-electron chi connectivity index (χ1n) is 7.56. The summed E-state index contributed by atoms with van der Waals surface area (Å²) >= 11 is 2.05. The molecule has 0 aromatic carbocycles. The van der Waals surface area contributed by atoms with E-state index in [9.17, 15) is 9.59 Å². The standard InChI is InChI=1S/C15H24IN3O4/c1-6-10(8-17-14(21)23-15(3,4)5)19-12(11(16)9-18-19)13(20)22-7-2/h9-10H,6-8H2,1-5H3,(H,17,21). The molecule has 0 fully saturated rings. The Bertz CT molecular complexity index is 551. The van der Waals surface area contributed by atoms with Gasteiger partial charge in [-0.2, -0.15) is 5.10 Å². The van der Waals surface area contributed by atoms with Crippen LogP contribution in [-0.4, -0.2) is 40.6 Å². The zero-order chi connectivity index (χ0) is 17.6. The van der Waals surface area contributed by atoms with Gasteiger partial charge in [0.25, 0.3) is 0 Å². The van der Waals surface area contributed by atoms with E-state index >= 15 is 0 Å². The van der Waals surface area contributed by atoms with Crippen LogP contribution in [0.3, 0.4) is 0 Å². The van der Waals surface area contributed by atoms with Crippen LogP contribution < -0.4 is 5.32 Å². The fraction of sp³-hybridized carbons (Fsp3) is 0.667. The number of nitrogens with zero attached hydrogens (tertiary/aromatic N) is 2.